The third kappa shape index (κ3) is 2.52. The lowest BCUT2D eigenvalue weighted by atomic mass is 10.1. The van der Waals surface area contributed by atoms with E-state index in [4.69, 9.17) is 0 Å². The van der Waals surface area contributed by atoms with E-state index in [9.17, 15) is 4.79 Å². The molecule has 0 atom stereocenters. The van der Waals surface area contributed by atoms with E-state index in [1.54, 1.807) is 0 Å². The quantitative estimate of drug-likeness (QED) is 0.893. The first-order valence-electron chi connectivity index (χ1n) is 7.03. The zero-order chi connectivity index (χ0) is 13.9. The average Bonchev–Trinajstić information content (AvgIpc) is 2.95. The predicted octanol–water partition coefficient (Wildman–Crippen LogP) is 3.47. The molecular weight excluding hydrogens is 248 g/mol. The molecule has 20 heavy (non-hydrogen) atoms. The SMILES string of the molecule is CCc1ccc(NC(=O)c2ccc3c(c2)NCC3)cc1. The number of rotatable bonds is 3. The van der Waals surface area contributed by atoms with Crippen molar-refractivity contribution in [3.05, 3.63) is 59.2 Å². The molecule has 3 heteroatoms. The molecule has 102 valence electrons. The lowest BCUT2D eigenvalue weighted by Gasteiger charge is -2.07. The Kier molecular flexibility index (Phi) is 3.42. The van der Waals surface area contributed by atoms with E-state index >= 15 is 0 Å². The summed E-state index contributed by atoms with van der Waals surface area (Å²) in [6.07, 6.45) is 2.04. The molecule has 1 heterocycles. The van der Waals surface area contributed by atoms with Crippen LogP contribution in [0.4, 0.5) is 11.4 Å². The van der Waals surface area contributed by atoms with Crippen molar-refractivity contribution in [3.63, 3.8) is 0 Å². The molecule has 0 bridgehead atoms. The molecule has 1 aliphatic rings. The Bertz CT molecular complexity index is 632. The van der Waals surface area contributed by atoms with Crippen LogP contribution in [0, 0.1) is 0 Å². The predicted molar refractivity (Wildman–Crippen MR) is 82.4 cm³/mol. The number of benzene rings is 2. The lowest BCUT2D eigenvalue weighted by molar-refractivity contribution is 0.102. The number of carbonyl (C=O) groups is 1. The molecular formula is C17H18N2O. The largest absolute Gasteiger partial charge is 0.384 e. The van der Waals surface area contributed by atoms with Gasteiger partial charge in [0.05, 0.1) is 0 Å². The Balaban J connectivity index is 1.75. The lowest BCUT2D eigenvalue weighted by Crippen LogP contribution is -2.12. The number of carbonyl (C=O) groups excluding carboxylic acids is 1. The normalized spacial score (nSPS) is 12.7. The molecule has 0 saturated carbocycles. The maximum absolute atomic E-state index is 12.2. The fourth-order valence-corrected chi connectivity index (χ4v) is 2.46. The van der Waals surface area contributed by atoms with Gasteiger partial charge in [-0.1, -0.05) is 25.1 Å². The zero-order valence-corrected chi connectivity index (χ0v) is 11.6. The van der Waals surface area contributed by atoms with Crippen molar-refractivity contribution in [2.45, 2.75) is 19.8 Å². The van der Waals surface area contributed by atoms with Gasteiger partial charge in [-0.2, -0.15) is 0 Å². The molecule has 3 rings (SSSR count). The second-order valence-electron chi connectivity index (χ2n) is 5.05. The van der Waals surface area contributed by atoms with Gasteiger partial charge >= 0.3 is 0 Å². The van der Waals surface area contributed by atoms with Gasteiger partial charge in [0, 0.05) is 23.5 Å². The minimum Gasteiger partial charge on any atom is -0.384 e. The smallest absolute Gasteiger partial charge is 0.255 e. The maximum Gasteiger partial charge on any atom is 0.255 e. The van der Waals surface area contributed by atoms with Crippen LogP contribution in [0.3, 0.4) is 0 Å². The molecule has 1 aliphatic heterocycles. The summed E-state index contributed by atoms with van der Waals surface area (Å²) in [5.41, 5.74) is 5.16. The summed E-state index contributed by atoms with van der Waals surface area (Å²) in [6, 6.07) is 13.8. The summed E-state index contributed by atoms with van der Waals surface area (Å²) in [5.74, 6) is -0.0641. The maximum atomic E-state index is 12.2. The van der Waals surface area contributed by atoms with Crippen molar-refractivity contribution in [2.75, 3.05) is 17.2 Å². The molecule has 0 aromatic heterocycles. The Morgan fingerprint density at radius 1 is 1.20 bits per heavy atom. The zero-order valence-electron chi connectivity index (χ0n) is 11.6. The number of anilines is 2. The van der Waals surface area contributed by atoms with Crippen LogP contribution in [-0.4, -0.2) is 12.5 Å². The van der Waals surface area contributed by atoms with Crippen LogP contribution in [0.25, 0.3) is 0 Å². The van der Waals surface area contributed by atoms with Gasteiger partial charge in [0.2, 0.25) is 0 Å². The molecule has 0 saturated heterocycles. The molecule has 0 fully saturated rings. The summed E-state index contributed by atoms with van der Waals surface area (Å²) < 4.78 is 0. The van der Waals surface area contributed by atoms with Gasteiger partial charge in [-0.3, -0.25) is 4.79 Å². The highest BCUT2D eigenvalue weighted by Crippen LogP contribution is 2.23. The van der Waals surface area contributed by atoms with Crippen molar-refractivity contribution in [1.82, 2.24) is 0 Å². The van der Waals surface area contributed by atoms with Crippen LogP contribution in [-0.2, 0) is 12.8 Å². The molecule has 0 aliphatic carbocycles. The Morgan fingerprint density at radius 2 is 2.00 bits per heavy atom. The van der Waals surface area contributed by atoms with Gasteiger partial charge in [0.15, 0.2) is 0 Å². The van der Waals surface area contributed by atoms with Gasteiger partial charge in [-0.25, -0.2) is 0 Å². The molecule has 1 amide bonds. The highest BCUT2D eigenvalue weighted by molar-refractivity contribution is 6.05. The van der Waals surface area contributed by atoms with Crippen LogP contribution in [0.2, 0.25) is 0 Å². The number of amides is 1. The summed E-state index contributed by atoms with van der Waals surface area (Å²) in [6.45, 7) is 3.07. The number of hydrogen-bond acceptors (Lipinski definition) is 2. The first-order valence-corrected chi connectivity index (χ1v) is 7.03. The van der Waals surface area contributed by atoms with E-state index in [2.05, 4.69) is 17.6 Å². The molecule has 0 unspecified atom stereocenters. The van der Waals surface area contributed by atoms with Crippen molar-refractivity contribution < 1.29 is 4.79 Å². The minimum atomic E-state index is -0.0641. The molecule has 3 nitrogen and oxygen atoms in total. The number of hydrogen-bond donors (Lipinski definition) is 2. The Labute approximate surface area is 119 Å². The molecule has 2 N–H and O–H groups in total. The summed E-state index contributed by atoms with van der Waals surface area (Å²) in [7, 11) is 0. The summed E-state index contributed by atoms with van der Waals surface area (Å²) in [4.78, 5) is 12.2. The Morgan fingerprint density at radius 3 is 2.75 bits per heavy atom. The first kappa shape index (κ1) is 12.7. The summed E-state index contributed by atoms with van der Waals surface area (Å²) in [5, 5.41) is 6.23. The van der Waals surface area contributed by atoms with Gasteiger partial charge < -0.3 is 10.6 Å². The van der Waals surface area contributed by atoms with Crippen LogP contribution in [0.1, 0.15) is 28.4 Å². The van der Waals surface area contributed by atoms with Crippen LogP contribution in [0.5, 0.6) is 0 Å². The van der Waals surface area contributed by atoms with E-state index in [0.29, 0.717) is 5.56 Å². The van der Waals surface area contributed by atoms with Crippen molar-refractivity contribution >= 4 is 17.3 Å². The average molecular weight is 266 g/mol. The minimum absolute atomic E-state index is 0.0641. The third-order valence-electron chi connectivity index (χ3n) is 3.70. The van der Waals surface area contributed by atoms with Crippen molar-refractivity contribution in [2.24, 2.45) is 0 Å². The van der Waals surface area contributed by atoms with Gasteiger partial charge in [0.1, 0.15) is 0 Å². The van der Waals surface area contributed by atoms with Crippen molar-refractivity contribution in [1.29, 1.82) is 0 Å². The number of aryl methyl sites for hydroxylation is 1. The van der Waals surface area contributed by atoms with E-state index in [0.717, 1.165) is 30.8 Å². The summed E-state index contributed by atoms with van der Waals surface area (Å²) >= 11 is 0. The monoisotopic (exact) mass is 266 g/mol. The topological polar surface area (TPSA) is 41.1 Å². The third-order valence-corrected chi connectivity index (χ3v) is 3.70. The number of fused-ring (bicyclic) bond motifs is 1. The highest BCUT2D eigenvalue weighted by atomic mass is 16.1. The van der Waals surface area contributed by atoms with E-state index < -0.39 is 0 Å². The van der Waals surface area contributed by atoms with E-state index in [-0.39, 0.29) is 5.91 Å². The van der Waals surface area contributed by atoms with Crippen LogP contribution < -0.4 is 10.6 Å². The van der Waals surface area contributed by atoms with E-state index in [1.165, 1.54) is 11.1 Å². The standard InChI is InChI=1S/C17H18N2O/c1-2-12-3-7-15(8-4-12)19-17(20)14-6-5-13-9-10-18-16(13)11-14/h3-8,11,18H,2,9-10H2,1H3,(H,19,20). The first-order chi connectivity index (χ1) is 9.76. The molecule has 0 spiro atoms. The van der Waals surface area contributed by atoms with Gasteiger partial charge in [-0.15, -0.1) is 0 Å². The molecule has 0 radical (unpaired) electrons. The van der Waals surface area contributed by atoms with Gasteiger partial charge in [-0.05, 0) is 48.2 Å². The van der Waals surface area contributed by atoms with Gasteiger partial charge in [0.25, 0.3) is 5.91 Å². The second-order valence-corrected chi connectivity index (χ2v) is 5.05. The van der Waals surface area contributed by atoms with Crippen LogP contribution in [0.15, 0.2) is 42.5 Å². The molecule has 2 aromatic carbocycles. The number of nitrogens with one attached hydrogen (secondary N) is 2. The Hall–Kier alpha value is -2.29. The highest BCUT2D eigenvalue weighted by Gasteiger charge is 2.13. The van der Waals surface area contributed by atoms with E-state index in [1.807, 2.05) is 42.5 Å². The fourth-order valence-electron chi connectivity index (χ4n) is 2.46. The molecule has 2 aromatic rings. The van der Waals surface area contributed by atoms with Crippen molar-refractivity contribution in [3.8, 4) is 0 Å². The van der Waals surface area contributed by atoms with Crippen LogP contribution >= 0.6 is 0 Å². The fraction of sp³-hybridized carbons (Fsp3) is 0.235. The second kappa shape index (κ2) is 5.37.